The maximum Gasteiger partial charge on any atom is 0.335 e. The van der Waals surface area contributed by atoms with Gasteiger partial charge >= 0.3 is 17.7 Å². The van der Waals surface area contributed by atoms with Gasteiger partial charge in [0.1, 0.15) is 24.2 Å². The van der Waals surface area contributed by atoms with Gasteiger partial charge in [0.05, 0.1) is 47.0 Å². The van der Waals surface area contributed by atoms with E-state index >= 15 is 0 Å². The van der Waals surface area contributed by atoms with Crippen molar-refractivity contribution in [2.45, 2.75) is 91.4 Å². The summed E-state index contributed by atoms with van der Waals surface area (Å²) >= 11 is 0. The van der Waals surface area contributed by atoms with E-state index in [2.05, 4.69) is 5.32 Å². The summed E-state index contributed by atoms with van der Waals surface area (Å²) in [7, 11) is 1.42. The third-order valence-electron chi connectivity index (χ3n) is 10.6. The van der Waals surface area contributed by atoms with Gasteiger partial charge in [-0.1, -0.05) is 45.9 Å². The molecular formula is C39H47NO14. The number of allylic oxidation sites excluding steroid dienone is 3. The molecule has 1 amide bonds. The van der Waals surface area contributed by atoms with Crippen molar-refractivity contribution >= 4 is 29.4 Å². The van der Waals surface area contributed by atoms with Crippen molar-refractivity contribution in [1.29, 1.82) is 0 Å². The number of amides is 1. The molecule has 0 aromatic heterocycles. The summed E-state index contributed by atoms with van der Waals surface area (Å²) in [4.78, 5) is 66.6. The van der Waals surface area contributed by atoms with Crippen molar-refractivity contribution in [3.8, 4) is 11.5 Å². The number of aliphatic hydroxyl groups is 2. The number of aliphatic hydroxyl groups excluding tert-OH is 2. The second-order valence-corrected chi connectivity index (χ2v) is 14.4. The van der Waals surface area contributed by atoms with E-state index in [1.54, 1.807) is 39.8 Å². The molecule has 1 aromatic rings. The molecule has 54 heavy (non-hydrogen) atoms. The topological polar surface area (TPSA) is 213 Å². The van der Waals surface area contributed by atoms with Gasteiger partial charge in [-0.2, -0.15) is 0 Å². The summed E-state index contributed by atoms with van der Waals surface area (Å²) in [6.45, 7) is 11.7. The third-order valence-corrected chi connectivity index (χ3v) is 10.6. The van der Waals surface area contributed by atoms with Crippen LogP contribution in [0.15, 0.2) is 47.9 Å². The predicted molar refractivity (Wildman–Crippen MR) is 189 cm³/mol. The number of nitrogens with one attached hydrogen (secondary N) is 1. The van der Waals surface area contributed by atoms with E-state index in [-0.39, 0.29) is 33.7 Å². The number of carbonyl (C=O) groups excluding carboxylic acids is 5. The van der Waals surface area contributed by atoms with Gasteiger partial charge in [-0.3, -0.25) is 19.2 Å². The maximum absolute atomic E-state index is 14.3. The quantitative estimate of drug-likeness (QED) is 0.320. The highest BCUT2D eigenvalue weighted by atomic mass is 16.8. The molecule has 0 unspecified atom stereocenters. The van der Waals surface area contributed by atoms with E-state index in [9.17, 15) is 39.3 Å². The van der Waals surface area contributed by atoms with E-state index < -0.39 is 107 Å². The second kappa shape index (κ2) is 15.1. The number of ether oxygens (including phenoxy) is 6. The Morgan fingerprint density at radius 2 is 1.65 bits per heavy atom. The lowest BCUT2D eigenvalue weighted by atomic mass is 9.78. The Labute approximate surface area is 312 Å². The lowest BCUT2D eigenvalue weighted by Crippen LogP contribution is -2.46. The standard InChI is InChI=1S/C39H47NO14/c1-17-11-10-12-18(2)37(48)40-24-15-39(51-16-26(42)53-39)29-27(33(24)46)32(45)22(6)35-28(29)36(47)38(8,54-35)50-14-13-25(49-9)19(3)34(52-23(7)41)21(5)31(44)20(4)30(17)43/h10-15,17,19-21,25,30-31,34,43-45H,16H2,1-9H3,(H,40,48)/t17-,19+,20+,21+,25-,30-,31+,34+,38-,39+/m0/s1. The fourth-order valence-corrected chi connectivity index (χ4v) is 7.37. The first-order valence-corrected chi connectivity index (χ1v) is 17.6. The van der Waals surface area contributed by atoms with E-state index in [1.165, 1.54) is 47.0 Å². The maximum atomic E-state index is 14.3. The number of carbonyl (C=O) groups is 5. The van der Waals surface area contributed by atoms with Gasteiger partial charge in [-0.05, 0) is 19.9 Å². The van der Waals surface area contributed by atoms with E-state index in [1.807, 2.05) is 0 Å². The Morgan fingerprint density at radius 3 is 2.26 bits per heavy atom. The lowest BCUT2D eigenvalue weighted by molar-refractivity contribution is -0.161. The van der Waals surface area contributed by atoms with E-state index in [4.69, 9.17) is 28.4 Å². The third kappa shape index (κ3) is 7.08. The molecule has 5 bridgehead atoms. The van der Waals surface area contributed by atoms with Crippen LogP contribution in [0, 0.1) is 30.6 Å². The summed E-state index contributed by atoms with van der Waals surface area (Å²) < 4.78 is 34.8. The van der Waals surface area contributed by atoms with Crippen molar-refractivity contribution in [2.75, 3.05) is 13.7 Å². The van der Waals surface area contributed by atoms with Crippen LogP contribution in [-0.2, 0) is 43.9 Å². The van der Waals surface area contributed by atoms with Crippen molar-refractivity contribution in [3.63, 3.8) is 0 Å². The number of hydrogen-bond donors (Lipinski definition) is 4. The number of benzene rings is 1. The molecule has 1 saturated heterocycles. The van der Waals surface area contributed by atoms with Crippen molar-refractivity contribution in [3.05, 3.63) is 70.2 Å². The van der Waals surface area contributed by atoms with Crippen LogP contribution >= 0.6 is 0 Å². The number of hydrogen-bond acceptors (Lipinski definition) is 14. The molecule has 0 saturated carbocycles. The monoisotopic (exact) mass is 753 g/mol. The van der Waals surface area contributed by atoms with Crippen molar-refractivity contribution in [1.82, 2.24) is 5.32 Å². The van der Waals surface area contributed by atoms with Crippen LogP contribution in [0.25, 0.3) is 0 Å². The highest BCUT2D eigenvalue weighted by Crippen LogP contribution is 2.53. The summed E-state index contributed by atoms with van der Waals surface area (Å²) in [5.41, 5.74) is -1.23. The average Bonchev–Trinajstić information content (AvgIpc) is 3.62. The fraction of sp³-hybridized carbons (Fsp3) is 0.513. The molecule has 10 atom stereocenters. The Hall–Kier alpha value is -4.83. The van der Waals surface area contributed by atoms with Crippen LogP contribution in [0.5, 0.6) is 11.5 Å². The number of phenolic OH excluding ortho intramolecular Hbond substituents is 1. The number of methoxy groups -OCH3 is 1. The molecule has 4 N–H and O–H groups in total. The number of Topliss-reactive ketones (excluding diaryl/α,β-unsaturated/α-hetero) is 2. The Kier molecular flexibility index (Phi) is 11.3. The summed E-state index contributed by atoms with van der Waals surface area (Å²) in [6.07, 6.45) is 4.41. The average molecular weight is 754 g/mol. The minimum Gasteiger partial charge on any atom is -0.507 e. The Bertz CT molecular complexity index is 1880. The molecule has 0 radical (unpaired) electrons. The molecule has 1 fully saturated rings. The minimum absolute atomic E-state index is 0.00812. The van der Waals surface area contributed by atoms with Gasteiger partial charge in [0, 0.05) is 61.8 Å². The highest BCUT2D eigenvalue weighted by molar-refractivity contribution is 6.19. The number of fused-ring (bicyclic) bond motifs is 13. The predicted octanol–water partition coefficient (Wildman–Crippen LogP) is 3.17. The first-order chi connectivity index (χ1) is 25.3. The van der Waals surface area contributed by atoms with Crippen molar-refractivity contribution in [2.24, 2.45) is 23.7 Å². The van der Waals surface area contributed by atoms with Crippen LogP contribution in [0.3, 0.4) is 0 Å². The Morgan fingerprint density at radius 1 is 0.963 bits per heavy atom. The zero-order chi connectivity index (χ0) is 40.0. The second-order valence-electron chi connectivity index (χ2n) is 14.4. The molecule has 1 aliphatic carbocycles. The van der Waals surface area contributed by atoms with E-state index in [0.717, 1.165) is 12.3 Å². The summed E-state index contributed by atoms with van der Waals surface area (Å²) in [5, 5.41) is 36.6. The van der Waals surface area contributed by atoms with Gasteiger partial charge in [0.2, 0.25) is 5.78 Å². The number of aromatic hydroxyl groups is 1. The lowest BCUT2D eigenvalue weighted by Gasteiger charge is -2.38. The zero-order valence-electron chi connectivity index (χ0n) is 31.6. The van der Waals surface area contributed by atoms with Crippen LogP contribution < -0.4 is 10.1 Å². The SMILES string of the molecule is CO[C@H]1C=CO[C@@]2(C)Oc3c(C)c(O)c4c(c3C2=O)[C@]2(C=C(NC(=O)C(C)=CC=C[C@H](C)[C@H](O)[C@@H](C)[C@@H](O)[C@@H](C)[C@H](OC(C)=O)[C@@H]1C)C4=O)OCC(=O)O2. The van der Waals surface area contributed by atoms with E-state index in [0.29, 0.717) is 0 Å². The smallest absolute Gasteiger partial charge is 0.335 e. The molecule has 1 spiro atoms. The molecule has 15 heteroatoms. The first kappa shape index (κ1) is 40.4. The first-order valence-electron chi connectivity index (χ1n) is 17.6. The van der Waals surface area contributed by atoms with Crippen molar-refractivity contribution < 1.29 is 67.7 Å². The summed E-state index contributed by atoms with van der Waals surface area (Å²) in [6, 6.07) is 0. The molecule has 15 nitrogen and oxygen atoms in total. The molecule has 1 aromatic carbocycles. The van der Waals surface area contributed by atoms with Crippen LogP contribution in [-0.4, -0.2) is 88.7 Å². The number of rotatable bonds is 2. The van der Waals surface area contributed by atoms with Gasteiger partial charge in [-0.25, -0.2) is 4.79 Å². The highest BCUT2D eigenvalue weighted by Gasteiger charge is 2.58. The molecule has 4 heterocycles. The van der Waals surface area contributed by atoms with Crippen LogP contribution in [0.4, 0.5) is 0 Å². The van der Waals surface area contributed by atoms with Crippen LogP contribution in [0.1, 0.15) is 80.3 Å². The number of esters is 2. The number of ketones is 2. The molecule has 4 aliphatic heterocycles. The van der Waals surface area contributed by atoms with Gasteiger partial charge in [0.25, 0.3) is 17.5 Å². The van der Waals surface area contributed by atoms with Gasteiger partial charge in [0.15, 0.2) is 0 Å². The zero-order valence-corrected chi connectivity index (χ0v) is 31.6. The minimum atomic E-state index is -2.21. The van der Waals surface area contributed by atoms with Gasteiger partial charge < -0.3 is 49.1 Å². The molecular weight excluding hydrogens is 706 g/mol. The number of phenols is 1. The molecule has 6 rings (SSSR count). The summed E-state index contributed by atoms with van der Waals surface area (Å²) in [5.74, 6) is -11.4. The largest absolute Gasteiger partial charge is 0.507 e. The van der Waals surface area contributed by atoms with Gasteiger partial charge in [-0.15, -0.1) is 0 Å². The Balaban J connectivity index is 1.66. The fourth-order valence-electron chi connectivity index (χ4n) is 7.37. The normalized spacial score (nSPS) is 34.5. The van der Waals surface area contributed by atoms with Crippen LogP contribution in [0.2, 0.25) is 0 Å². The molecule has 292 valence electrons. The molecule has 5 aliphatic rings.